The summed E-state index contributed by atoms with van der Waals surface area (Å²) in [6.45, 7) is 7.14. The van der Waals surface area contributed by atoms with E-state index in [1.54, 1.807) is 0 Å². The summed E-state index contributed by atoms with van der Waals surface area (Å²) in [5.41, 5.74) is 6.16. The molecule has 1 fully saturated rings. The van der Waals surface area contributed by atoms with Crippen LogP contribution in [0.3, 0.4) is 0 Å². The molecule has 3 heteroatoms. The second-order valence-corrected chi connectivity index (χ2v) is 4.84. The van der Waals surface area contributed by atoms with E-state index in [-0.39, 0.29) is 5.54 Å². The van der Waals surface area contributed by atoms with Gasteiger partial charge in [-0.3, -0.25) is 4.90 Å². The zero-order valence-electron chi connectivity index (χ0n) is 10.5. The summed E-state index contributed by atoms with van der Waals surface area (Å²) in [6, 6.07) is 0. The highest BCUT2D eigenvalue weighted by Gasteiger charge is 2.37. The molecule has 0 aromatic carbocycles. The van der Waals surface area contributed by atoms with Crippen LogP contribution in [0.15, 0.2) is 0 Å². The lowest BCUT2D eigenvalue weighted by atomic mass is 9.85. The molecule has 2 unspecified atom stereocenters. The van der Waals surface area contributed by atoms with Crippen LogP contribution in [0.2, 0.25) is 0 Å². The molecule has 0 aromatic rings. The Morgan fingerprint density at radius 1 is 1.53 bits per heavy atom. The third-order valence-corrected chi connectivity index (χ3v) is 3.67. The van der Waals surface area contributed by atoms with E-state index in [2.05, 4.69) is 25.8 Å². The Morgan fingerprint density at radius 2 is 2.27 bits per heavy atom. The van der Waals surface area contributed by atoms with Crippen molar-refractivity contribution in [2.45, 2.75) is 51.2 Å². The summed E-state index contributed by atoms with van der Waals surface area (Å²) in [5.74, 6) is 0. The second-order valence-electron chi connectivity index (χ2n) is 4.84. The van der Waals surface area contributed by atoms with Crippen LogP contribution in [0.25, 0.3) is 0 Å². The van der Waals surface area contributed by atoms with E-state index in [0.717, 1.165) is 32.5 Å². The van der Waals surface area contributed by atoms with Gasteiger partial charge in [0.2, 0.25) is 0 Å². The van der Waals surface area contributed by atoms with Crippen molar-refractivity contribution < 1.29 is 4.74 Å². The monoisotopic (exact) mass is 214 g/mol. The maximum absolute atomic E-state index is 5.98. The largest absolute Gasteiger partial charge is 0.378 e. The van der Waals surface area contributed by atoms with Gasteiger partial charge in [-0.05, 0) is 39.8 Å². The minimum Gasteiger partial charge on any atom is -0.378 e. The first-order valence-electron chi connectivity index (χ1n) is 6.17. The average Bonchev–Trinajstić information content (AvgIpc) is 2.25. The van der Waals surface area contributed by atoms with E-state index in [1.807, 2.05) is 0 Å². The summed E-state index contributed by atoms with van der Waals surface area (Å²) in [6.07, 6.45) is 5.01. The van der Waals surface area contributed by atoms with Gasteiger partial charge in [0.25, 0.3) is 0 Å². The van der Waals surface area contributed by atoms with E-state index in [1.165, 1.54) is 12.8 Å². The molecule has 3 nitrogen and oxygen atoms in total. The maximum Gasteiger partial charge on any atom is 0.0565 e. The predicted molar refractivity (Wildman–Crippen MR) is 64.0 cm³/mol. The molecule has 1 saturated heterocycles. The van der Waals surface area contributed by atoms with Gasteiger partial charge in [-0.25, -0.2) is 0 Å². The Kier molecular flexibility index (Phi) is 5.03. The third kappa shape index (κ3) is 3.16. The molecule has 0 bridgehead atoms. The molecule has 0 aromatic heterocycles. The van der Waals surface area contributed by atoms with Crippen molar-refractivity contribution in [2.24, 2.45) is 5.73 Å². The van der Waals surface area contributed by atoms with Gasteiger partial charge in [0.1, 0.15) is 0 Å². The van der Waals surface area contributed by atoms with E-state index in [0.29, 0.717) is 6.10 Å². The summed E-state index contributed by atoms with van der Waals surface area (Å²) in [5, 5.41) is 0. The first-order chi connectivity index (χ1) is 7.14. The Bertz CT molecular complexity index is 186. The first-order valence-corrected chi connectivity index (χ1v) is 6.17. The molecule has 2 atom stereocenters. The molecule has 1 aliphatic rings. The van der Waals surface area contributed by atoms with Crippen molar-refractivity contribution in [2.75, 3.05) is 26.7 Å². The maximum atomic E-state index is 5.98. The molecule has 0 spiro atoms. The summed E-state index contributed by atoms with van der Waals surface area (Å²) < 4.78 is 5.61. The Balaban J connectivity index is 2.57. The Morgan fingerprint density at radius 3 is 2.80 bits per heavy atom. The fourth-order valence-corrected chi connectivity index (χ4v) is 2.47. The average molecular weight is 214 g/mol. The summed E-state index contributed by atoms with van der Waals surface area (Å²) >= 11 is 0. The van der Waals surface area contributed by atoms with Crippen LogP contribution in [0, 0.1) is 0 Å². The normalized spacial score (nSPS) is 32.2. The zero-order chi connectivity index (χ0) is 11.3. The lowest BCUT2D eigenvalue weighted by Crippen LogP contribution is -2.57. The highest BCUT2D eigenvalue weighted by molar-refractivity contribution is 4.94. The van der Waals surface area contributed by atoms with Crippen molar-refractivity contribution in [1.29, 1.82) is 0 Å². The smallest absolute Gasteiger partial charge is 0.0565 e. The molecule has 2 N–H and O–H groups in total. The molecular formula is C12H26N2O. The van der Waals surface area contributed by atoms with Crippen LogP contribution >= 0.6 is 0 Å². The fourth-order valence-electron chi connectivity index (χ4n) is 2.47. The number of ether oxygens (including phenoxy) is 1. The number of nitrogens with zero attached hydrogens (tertiary/aromatic N) is 1. The number of hydrogen-bond acceptors (Lipinski definition) is 3. The van der Waals surface area contributed by atoms with Crippen molar-refractivity contribution in [3.05, 3.63) is 0 Å². The number of likely N-dealkylation sites (N-methyl/N-ethyl adjacent to an activating group) is 1. The summed E-state index contributed by atoms with van der Waals surface area (Å²) in [4.78, 5) is 2.45. The van der Waals surface area contributed by atoms with Gasteiger partial charge in [-0.15, -0.1) is 0 Å². The second kappa shape index (κ2) is 5.83. The number of unbranched alkanes of at least 4 members (excludes halogenated alkanes) is 1. The standard InChI is InChI=1S/C12H26N2O/c1-4-5-7-14(3)12(10-13)6-8-15-11(2)9-12/h11H,4-10,13H2,1-3H3. The van der Waals surface area contributed by atoms with Gasteiger partial charge in [0.05, 0.1) is 6.10 Å². The SMILES string of the molecule is CCCCN(C)C1(CN)CCOC(C)C1. The first kappa shape index (κ1) is 12.9. The molecular weight excluding hydrogens is 188 g/mol. The van der Waals surface area contributed by atoms with E-state index >= 15 is 0 Å². The number of nitrogens with two attached hydrogens (primary N) is 1. The lowest BCUT2D eigenvalue weighted by molar-refractivity contribution is -0.0561. The van der Waals surface area contributed by atoms with Crippen LogP contribution in [0.1, 0.15) is 39.5 Å². The Hall–Kier alpha value is -0.120. The fraction of sp³-hybridized carbons (Fsp3) is 1.00. The van der Waals surface area contributed by atoms with Gasteiger partial charge >= 0.3 is 0 Å². The van der Waals surface area contributed by atoms with Crippen molar-refractivity contribution >= 4 is 0 Å². The topological polar surface area (TPSA) is 38.5 Å². The molecule has 0 saturated carbocycles. The molecule has 1 aliphatic heterocycles. The molecule has 1 rings (SSSR count). The van der Waals surface area contributed by atoms with Gasteiger partial charge in [0.15, 0.2) is 0 Å². The van der Waals surface area contributed by atoms with Gasteiger partial charge in [0, 0.05) is 18.7 Å². The van der Waals surface area contributed by atoms with Gasteiger partial charge in [-0.1, -0.05) is 13.3 Å². The molecule has 0 amide bonds. The number of rotatable bonds is 5. The zero-order valence-corrected chi connectivity index (χ0v) is 10.5. The van der Waals surface area contributed by atoms with E-state index in [4.69, 9.17) is 10.5 Å². The molecule has 1 heterocycles. The van der Waals surface area contributed by atoms with Gasteiger partial charge in [-0.2, -0.15) is 0 Å². The van der Waals surface area contributed by atoms with Crippen LogP contribution in [-0.2, 0) is 4.74 Å². The van der Waals surface area contributed by atoms with Crippen LogP contribution in [0.5, 0.6) is 0 Å². The van der Waals surface area contributed by atoms with Crippen molar-refractivity contribution in [3.63, 3.8) is 0 Å². The predicted octanol–water partition coefficient (Wildman–Crippen LogP) is 1.61. The van der Waals surface area contributed by atoms with Crippen molar-refractivity contribution in [3.8, 4) is 0 Å². The van der Waals surface area contributed by atoms with E-state index in [9.17, 15) is 0 Å². The highest BCUT2D eigenvalue weighted by Crippen LogP contribution is 2.29. The molecule has 15 heavy (non-hydrogen) atoms. The van der Waals surface area contributed by atoms with Crippen LogP contribution in [-0.4, -0.2) is 43.3 Å². The van der Waals surface area contributed by atoms with Gasteiger partial charge < -0.3 is 10.5 Å². The molecule has 90 valence electrons. The van der Waals surface area contributed by atoms with Crippen molar-refractivity contribution in [1.82, 2.24) is 4.90 Å². The summed E-state index contributed by atoms with van der Waals surface area (Å²) in [7, 11) is 2.21. The minimum absolute atomic E-state index is 0.187. The number of hydrogen-bond donors (Lipinski definition) is 1. The minimum atomic E-state index is 0.187. The highest BCUT2D eigenvalue weighted by atomic mass is 16.5. The quantitative estimate of drug-likeness (QED) is 0.755. The Labute approximate surface area is 94.0 Å². The third-order valence-electron chi connectivity index (χ3n) is 3.67. The lowest BCUT2D eigenvalue weighted by Gasteiger charge is -2.46. The van der Waals surface area contributed by atoms with Crippen LogP contribution in [0.4, 0.5) is 0 Å². The van der Waals surface area contributed by atoms with E-state index < -0.39 is 0 Å². The molecule has 0 aliphatic carbocycles. The molecule has 0 radical (unpaired) electrons. The van der Waals surface area contributed by atoms with Crippen LogP contribution < -0.4 is 5.73 Å².